The number of hydrogen-bond acceptors (Lipinski definition) is 6. The van der Waals surface area contributed by atoms with E-state index < -0.39 is 0 Å². The Morgan fingerprint density at radius 1 is 0.833 bits per heavy atom. The maximum absolute atomic E-state index is 11.1. The minimum atomic E-state index is -0.349. The second kappa shape index (κ2) is 17.8. The minimum absolute atomic E-state index is 0.325. The smallest absolute Gasteiger partial charge is 0.243 e. The average molecular weight is 644 g/mol. The largest absolute Gasteiger partial charge is 0.492 e. The van der Waals surface area contributed by atoms with Gasteiger partial charge in [0.2, 0.25) is 5.91 Å². The fourth-order valence-corrected chi connectivity index (χ4v) is 5.83. The van der Waals surface area contributed by atoms with Crippen LogP contribution in [0.2, 0.25) is 0 Å². The Labute approximate surface area is 283 Å². The van der Waals surface area contributed by atoms with Crippen LogP contribution in [0.5, 0.6) is 5.75 Å². The van der Waals surface area contributed by atoms with E-state index in [0.717, 1.165) is 62.3 Å². The number of hydroxylamine groups is 1. The first-order valence-electron chi connectivity index (χ1n) is 16.7. The number of carbonyl (C=O) groups is 1. The third-order valence-corrected chi connectivity index (χ3v) is 8.38. The van der Waals surface area contributed by atoms with E-state index in [-0.39, 0.29) is 5.91 Å². The molecule has 1 aromatic heterocycles. The molecule has 8 nitrogen and oxygen atoms in total. The molecule has 8 heteroatoms. The molecule has 0 atom stereocenters. The van der Waals surface area contributed by atoms with Gasteiger partial charge in [0.15, 0.2) is 0 Å². The molecule has 0 unspecified atom stereocenters. The van der Waals surface area contributed by atoms with Gasteiger partial charge in [-0.05, 0) is 71.8 Å². The third-order valence-electron chi connectivity index (χ3n) is 8.38. The first kappa shape index (κ1) is 34.3. The van der Waals surface area contributed by atoms with Crippen LogP contribution >= 0.6 is 0 Å². The molecule has 0 radical (unpaired) electrons. The summed E-state index contributed by atoms with van der Waals surface area (Å²) in [6, 6.07) is 38.2. The van der Waals surface area contributed by atoms with Gasteiger partial charge in [-0.15, -0.1) is 5.10 Å². The van der Waals surface area contributed by atoms with Gasteiger partial charge >= 0.3 is 0 Å². The van der Waals surface area contributed by atoms with Crippen molar-refractivity contribution < 1.29 is 14.7 Å². The number of aryl methyl sites for hydroxylation is 1. The van der Waals surface area contributed by atoms with Gasteiger partial charge in [0, 0.05) is 31.6 Å². The number of nitrogens with one attached hydrogen (secondary N) is 1. The van der Waals surface area contributed by atoms with Crippen LogP contribution in [-0.2, 0) is 17.9 Å². The number of carbonyl (C=O) groups excluding carboxylic acids is 1. The van der Waals surface area contributed by atoms with Crippen molar-refractivity contribution in [2.24, 2.45) is 0 Å². The van der Waals surface area contributed by atoms with Crippen LogP contribution in [-0.4, -0.2) is 51.2 Å². The highest BCUT2D eigenvalue weighted by Gasteiger charge is 2.13. The summed E-state index contributed by atoms with van der Waals surface area (Å²) in [4.78, 5) is 13.4. The van der Waals surface area contributed by atoms with Gasteiger partial charge < -0.3 is 4.74 Å². The second-order valence-electron chi connectivity index (χ2n) is 12.0. The summed E-state index contributed by atoms with van der Waals surface area (Å²) in [6.45, 7) is 5.16. The lowest BCUT2D eigenvalue weighted by Gasteiger charge is -2.18. The summed E-state index contributed by atoms with van der Waals surface area (Å²) >= 11 is 0. The van der Waals surface area contributed by atoms with Crippen LogP contribution in [0.1, 0.15) is 61.3 Å². The summed E-state index contributed by atoms with van der Waals surface area (Å²) in [6.07, 6.45) is 5.71. The standard InChI is InChI=1S/C40H45N5O3/c1-3-37(32-13-7-4-8-14-32)40(34-15-9-5-10-16-34)35-22-24-36(25-23-35)48-28-27-44(2)29-31-18-20-33(21-19-31)38-30-45(43-41-38)26-12-6-11-17-39(46)42-47/h4-5,7-10,13-16,18-25,30,47H,3,6,11-12,17,26-29H2,1-2H3,(H,42,46)/b40-37-. The number of ether oxygens (including phenoxy) is 1. The molecule has 0 aliphatic carbocycles. The van der Waals surface area contributed by atoms with Crippen LogP contribution in [0.25, 0.3) is 22.4 Å². The van der Waals surface area contributed by atoms with E-state index in [4.69, 9.17) is 9.94 Å². The molecule has 5 aromatic rings. The topological polar surface area (TPSA) is 92.5 Å². The van der Waals surface area contributed by atoms with Crippen molar-refractivity contribution in [2.75, 3.05) is 20.2 Å². The fourth-order valence-electron chi connectivity index (χ4n) is 5.83. The van der Waals surface area contributed by atoms with Crippen LogP contribution < -0.4 is 10.2 Å². The van der Waals surface area contributed by atoms with Crippen LogP contribution in [0.15, 0.2) is 115 Å². The molecule has 0 bridgehead atoms. The van der Waals surface area contributed by atoms with Gasteiger partial charge in [-0.25, -0.2) is 5.48 Å². The number of aromatic nitrogens is 3. The van der Waals surface area contributed by atoms with Crippen molar-refractivity contribution in [1.29, 1.82) is 0 Å². The highest BCUT2D eigenvalue weighted by molar-refractivity contribution is 5.98. The zero-order valence-electron chi connectivity index (χ0n) is 27.9. The molecule has 0 aliphatic rings. The molecule has 5 rings (SSSR count). The highest BCUT2D eigenvalue weighted by Crippen LogP contribution is 2.35. The van der Waals surface area contributed by atoms with Gasteiger partial charge in [-0.1, -0.05) is 116 Å². The number of nitrogens with zero attached hydrogens (tertiary/aromatic N) is 4. The lowest BCUT2D eigenvalue weighted by molar-refractivity contribution is -0.129. The molecule has 0 fully saturated rings. The summed E-state index contributed by atoms with van der Waals surface area (Å²) in [5.41, 5.74) is 11.0. The van der Waals surface area contributed by atoms with Gasteiger partial charge in [0.05, 0.1) is 6.20 Å². The van der Waals surface area contributed by atoms with Crippen molar-refractivity contribution in [3.05, 3.63) is 138 Å². The Morgan fingerprint density at radius 3 is 2.17 bits per heavy atom. The van der Waals surface area contributed by atoms with Crippen molar-refractivity contribution in [3.8, 4) is 17.0 Å². The maximum atomic E-state index is 11.1. The van der Waals surface area contributed by atoms with Crippen molar-refractivity contribution in [2.45, 2.75) is 52.1 Å². The van der Waals surface area contributed by atoms with E-state index >= 15 is 0 Å². The number of benzene rings is 4. The van der Waals surface area contributed by atoms with Crippen LogP contribution in [0, 0.1) is 0 Å². The first-order chi connectivity index (χ1) is 23.5. The Morgan fingerprint density at radius 2 is 1.50 bits per heavy atom. The van der Waals surface area contributed by atoms with Crippen LogP contribution in [0.3, 0.4) is 0 Å². The fraction of sp³-hybridized carbons (Fsp3) is 0.275. The summed E-state index contributed by atoms with van der Waals surface area (Å²) in [7, 11) is 2.11. The lowest BCUT2D eigenvalue weighted by atomic mass is 9.88. The molecule has 248 valence electrons. The average Bonchev–Trinajstić information content (AvgIpc) is 3.60. The van der Waals surface area contributed by atoms with Gasteiger partial charge in [-0.3, -0.25) is 19.6 Å². The Bertz CT molecular complexity index is 1730. The third kappa shape index (κ3) is 9.73. The molecule has 0 saturated carbocycles. The Hall–Kier alpha value is -5.05. The zero-order chi connectivity index (χ0) is 33.6. The van der Waals surface area contributed by atoms with Crippen molar-refractivity contribution >= 4 is 17.1 Å². The summed E-state index contributed by atoms with van der Waals surface area (Å²) < 4.78 is 8.00. The quantitative estimate of drug-likeness (QED) is 0.0463. The lowest BCUT2D eigenvalue weighted by Crippen LogP contribution is -2.23. The van der Waals surface area contributed by atoms with Crippen molar-refractivity contribution in [1.82, 2.24) is 25.4 Å². The maximum Gasteiger partial charge on any atom is 0.243 e. The molecule has 2 N–H and O–H groups in total. The summed E-state index contributed by atoms with van der Waals surface area (Å²) in [5, 5.41) is 17.1. The van der Waals surface area contributed by atoms with E-state index in [2.05, 4.69) is 138 Å². The molecule has 0 spiro atoms. The Balaban J connectivity index is 1.11. The Kier molecular flexibility index (Phi) is 12.7. The predicted octanol–water partition coefficient (Wildman–Crippen LogP) is 7.89. The monoisotopic (exact) mass is 643 g/mol. The normalized spacial score (nSPS) is 11.8. The highest BCUT2D eigenvalue weighted by atomic mass is 16.5. The number of amides is 1. The first-order valence-corrected chi connectivity index (χ1v) is 16.7. The molecule has 1 amide bonds. The molecule has 0 aliphatic heterocycles. The molecular weight excluding hydrogens is 598 g/mol. The number of hydrogen-bond donors (Lipinski definition) is 2. The summed E-state index contributed by atoms with van der Waals surface area (Å²) in [5.74, 6) is 0.516. The van der Waals surface area contributed by atoms with E-state index in [1.165, 1.54) is 33.4 Å². The number of unbranched alkanes of at least 4 members (excludes halogenated alkanes) is 2. The second-order valence-corrected chi connectivity index (χ2v) is 12.0. The molecule has 4 aromatic carbocycles. The number of likely N-dealkylation sites (N-methyl/N-ethyl adjacent to an activating group) is 1. The number of rotatable bonds is 17. The zero-order valence-corrected chi connectivity index (χ0v) is 27.9. The van der Waals surface area contributed by atoms with E-state index in [1.54, 1.807) is 5.48 Å². The van der Waals surface area contributed by atoms with Gasteiger partial charge in [0.1, 0.15) is 18.1 Å². The SMILES string of the molecule is CC/C(=C(\c1ccccc1)c1ccc(OCCN(C)Cc2ccc(-c3cn(CCCCCC(=O)NO)nn3)cc2)cc1)c1ccccc1. The van der Waals surface area contributed by atoms with E-state index in [0.29, 0.717) is 13.0 Å². The minimum Gasteiger partial charge on any atom is -0.492 e. The van der Waals surface area contributed by atoms with Gasteiger partial charge in [-0.2, -0.15) is 0 Å². The van der Waals surface area contributed by atoms with E-state index in [9.17, 15) is 4.79 Å². The molecule has 0 saturated heterocycles. The molecule has 48 heavy (non-hydrogen) atoms. The van der Waals surface area contributed by atoms with Gasteiger partial charge in [0.25, 0.3) is 0 Å². The van der Waals surface area contributed by atoms with Crippen molar-refractivity contribution in [3.63, 3.8) is 0 Å². The number of allylic oxidation sites excluding steroid dienone is 1. The van der Waals surface area contributed by atoms with E-state index in [1.807, 2.05) is 10.9 Å². The molecular formula is C40H45N5O3. The molecule has 1 heterocycles. The predicted molar refractivity (Wildman–Crippen MR) is 191 cm³/mol. The van der Waals surface area contributed by atoms with Crippen LogP contribution in [0.4, 0.5) is 0 Å².